The maximum absolute atomic E-state index is 13.4. The Morgan fingerprint density at radius 1 is 0.769 bits per heavy atom. The van der Waals surface area contributed by atoms with E-state index in [-0.39, 0.29) is 21.1 Å². The first-order chi connectivity index (χ1) is 12.3. The summed E-state index contributed by atoms with van der Waals surface area (Å²) in [6.07, 6.45) is 4.04. The Labute approximate surface area is 176 Å². The number of fused-ring (bicyclic) bond motifs is 5. The van der Waals surface area contributed by atoms with Gasteiger partial charge in [-0.2, -0.15) is 0 Å². The van der Waals surface area contributed by atoms with Gasteiger partial charge in [0.25, 0.3) is 0 Å². The van der Waals surface area contributed by atoms with Crippen LogP contribution in [0.3, 0.4) is 0 Å². The number of rotatable bonds is 0. The van der Waals surface area contributed by atoms with Gasteiger partial charge in [-0.3, -0.25) is 9.59 Å². The lowest BCUT2D eigenvalue weighted by atomic mass is 9.66. The van der Waals surface area contributed by atoms with Crippen LogP contribution < -0.4 is 0 Å². The summed E-state index contributed by atoms with van der Waals surface area (Å²) in [6, 6.07) is 7.14. The quantitative estimate of drug-likeness (QED) is 0.421. The summed E-state index contributed by atoms with van der Waals surface area (Å²) in [7, 11) is 0. The maximum Gasteiger partial charge on any atom is 0.194 e. The highest BCUT2D eigenvalue weighted by Gasteiger charge is 2.61. The molecule has 0 saturated carbocycles. The number of carbonyl (C=O) groups excluding carboxylic acids is 2. The smallest absolute Gasteiger partial charge is 0.194 e. The fourth-order valence-electron chi connectivity index (χ4n) is 4.28. The summed E-state index contributed by atoms with van der Waals surface area (Å²) in [5.41, 5.74) is 4.06. The molecule has 2 aliphatic heterocycles. The Hall–Kier alpha value is -0.820. The van der Waals surface area contributed by atoms with Crippen molar-refractivity contribution < 1.29 is 9.59 Å². The number of hydrogen-bond donors (Lipinski definition) is 0. The van der Waals surface area contributed by atoms with Crippen LogP contribution in [0.25, 0.3) is 0 Å². The van der Waals surface area contributed by atoms with Crippen LogP contribution in [-0.2, 0) is 0 Å². The van der Waals surface area contributed by atoms with Gasteiger partial charge in [0, 0.05) is 22.3 Å². The van der Waals surface area contributed by atoms with Gasteiger partial charge in [-0.05, 0) is 69.0 Å². The van der Waals surface area contributed by atoms with Gasteiger partial charge in [-0.25, -0.2) is 0 Å². The molecule has 2 aliphatic carbocycles. The van der Waals surface area contributed by atoms with E-state index >= 15 is 0 Å². The minimum Gasteiger partial charge on any atom is -0.289 e. The van der Waals surface area contributed by atoms with Crippen LogP contribution in [0.15, 0.2) is 66.3 Å². The van der Waals surface area contributed by atoms with Crippen molar-refractivity contribution in [2.24, 2.45) is 0 Å². The zero-order valence-corrected chi connectivity index (χ0v) is 18.7. The normalized spacial score (nSPS) is 32.2. The fourth-order valence-corrected chi connectivity index (χ4v) is 9.22. The van der Waals surface area contributed by atoms with Gasteiger partial charge in [0.15, 0.2) is 11.6 Å². The molecule has 1 aromatic rings. The second-order valence-corrected chi connectivity index (χ2v) is 12.6. The predicted molar refractivity (Wildman–Crippen MR) is 115 cm³/mol. The summed E-state index contributed by atoms with van der Waals surface area (Å²) >= 11 is 10.7. The molecule has 0 unspecified atom stereocenters. The van der Waals surface area contributed by atoms with E-state index in [2.05, 4.69) is 45.7 Å². The summed E-state index contributed by atoms with van der Waals surface area (Å²) in [6.45, 7) is 4.35. The lowest BCUT2D eigenvalue weighted by Gasteiger charge is -2.47. The second-order valence-electron chi connectivity index (χ2n) is 6.95. The van der Waals surface area contributed by atoms with Crippen molar-refractivity contribution >= 4 is 67.0 Å². The van der Waals surface area contributed by atoms with Crippen molar-refractivity contribution in [1.82, 2.24) is 0 Å². The predicted octanol–water partition coefficient (Wildman–Crippen LogP) is 6.16. The molecule has 26 heavy (non-hydrogen) atoms. The van der Waals surface area contributed by atoms with Crippen LogP contribution in [0.1, 0.15) is 34.6 Å². The molecule has 2 nitrogen and oxygen atoms in total. The van der Waals surface area contributed by atoms with Crippen molar-refractivity contribution in [3.8, 4) is 0 Å². The summed E-state index contributed by atoms with van der Waals surface area (Å²) in [5.74, 6) is -0.0992. The van der Waals surface area contributed by atoms with Crippen LogP contribution in [0.2, 0.25) is 0 Å². The molecule has 5 rings (SSSR count). The highest BCUT2D eigenvalue weighted by atomic mass is 79.9. The molecule has 6 heteroatoms. The molecule has 0 fully saturated rings. The van der Waals surface area contributed by atoms with E-state index in [1.165, 1.54) is 0 Å². The van der Waals surface area contributed by atoms with Gasteiger partial charge < -0.3 is 0 Å². The molecule has 0 spiro atoms. The van der Waals surface area contributed by atoms with E-state index in [0.29, 0.717) is 22.3 Å². The first-order valence-corrected chi connectivity index (χ1v) is 11.3. The van der Waals surface area contributed by atoms with Gasteiger partial charge in [0.1, 0.15) is 0 Å². The largest absolute Gasteiger partial charge is 0.289 e. The standard InChI is InChI=1S/C20H12Br2O2S2/c1-19-11(7-13(21)25-19)15-16(12-8-14(22)26-20(12,19)2)18(24)10-6-4-3-5-9(10)17(15)23/h3-8H,1-2H3/t19-,20-/m1/s1. The molecular weight excluding hydrogens is 496 g/mol. The van der Waals surface area contributed by atoms with Crippen molar-refractivity contribution in [3.63, 3.8) is 0 Å². The van der Waals surface area contributed by atoms with E-state index < -0.39 is 0 Å². The van der Waals surface area contributed by atoms with Gasteiger partial charge in [0.2, 0.25) is 0 Å². The van der Waals surface area contributed by atoms with E-state index in [1.807, 2.05) is 24.3 Å². The molecule has 0 N–H and O–H groups in total. The van der Waals surface area contributed by atoms with Gasteiger partial charge >= 0.3 is 0 Å². The SMILES string of the molecule is C[C@@]12SC(Br)=CC1=C1C(=O)c3ccccc3C(=O)C1=C1C=C(Br)S[C@]12C. The number of benzene rings is 1. The number of halogens is 2. The Balaban J connectivity index is 1.94. The Kier molecular flexibility index (Phi) is 3.57. The highest BCUT2D eigenvalue weighted by molar-refractivity contribution is 9.14. The van der Waals surface area contributed by atoms with E-state index in [1.54, 1.807) is 35.7 Å². The molecule has 0 radical (unpaired) electrons. The van der Waals surface area contributed by atoms with Gasteiger partial charge in [-0.1, -0.05) is 24.3 Å². The van der Waals surface area contributed by atoms with Crippen LogP contribution in [0.5, 0.6) is 0 Å². The minimum absolute atomic E-state index is 0.0496. The van der Waals surface area contributed by atoms with Crippen LogP contribution in [-0.4, -0.2) is 21.1 Å². The Bertz CT molecular complexity index is 994. The number of allylic oxidation sites excluding steroid dienone is 4. The summed E-state index contributed by atoms with van der Waals surface area (Å²) in [5, 5.41) is 0. The van der Waals surface area contributed by atoms with Crippen molar-refractivity contribution in [3.05, 3.63) is 77.5 Å². The van der Waals surface area contributed by atoms with Crippen LogP contribution in [0, 0.1) is 0 Å². The summed E-state index contributed by atoms with van der Waals surface area (Å²) < 4.78 is 1.32. The van der Waals surface area contributed by atoms with Crippen molar-refractivity contribution in [2.45, 2.75) is 23.3 Å². The van der Waals surface area contributed by atoms with E-state index in [9.17, 15) is 9.59 Å². The van der Waals surface area contributed by atoms with Crippen LogP contribution in [0.4, 0.5) is 0 Å². The topological polar surface area (TPSA) is 34.1 Å². The Morgan fingerprint density at radius 3 is 1.54 bits per heavy atom. The third-order valence-electron chi connectivity index (χ3n) is 5.72. The maximum atomic E-state index is 13.4. The molecule has 4 aliphatic rings. The zero-order chi connectivity index (χ0) is 18.4. The highest BCUT2D eigenvalue weighted by Crippen LogP contribution is 2.68. The number of thioether (sulfide) groups is 2. The molecular formula is C20H12Br2O2S2. The Morgan fingerprint density at radius 2 is 1.15 bits per heavy atom. The first-order valence-electron chi connectivity index (χ1n) is 8.08. The molecule has 0 aromatic heterocycles. The summed E-state index contributed by atoms with van der Waals surface area (Å²) in [4.78, 5) is 26.9. The lowest BCUT2D eigenvalue weighted by Crippen LogP contribution is -2.49. The number of hydrogen-bond acceptors (Lipinski definition) is 4. The third kappa shape index (κ3) is 1.91. The number of ketones is 2. The minimum atomic E-state index is -0.334. The zero-order valence-electron chi connectivity index (χ0n) is 13.9. The molecule has 2 atom stereocenters. The average Bonchev–Trinajstić information content (AvgIpc) is 3.08. The van der Waals surface area contributed by atoms with Crippen molar-refractivity contribution in [1.29, 1.82) is 0 Å². The first kappa shape index (κ1) is 17.3. The molecule has 130 valence electrons. The molecule has 0 saturated heterocycles. The molecule has 0 amide bonds. The second kappa shape index (κ2) is 5.37. The number of Topliss-reactive ketones (excluding diaryl/α,β-unsaturated/α-hetero) is 2. The number of carbonyl (C=O) groups is 2. The lowest BCUT2D eigenvalue weighted by molar-refractivity contribution is 0.0969. The third-order valence-corrected chi connectivity index (χ3v) is 9.97. The molecule has 0 bridgehead atoms. The monoisotopic (exact) mass is 506 g/mol. The van der Waals surface area contributed by atoms with E-state index in [4.69, 9.17) is 0 Å². The average molecular weight is 508 g/mol. The van der Waals surface area contributed by atoms with Crippen molar-refractivity contribution in [2.75, 3.05) is 0 Å². The fraction of sp³-hybridized carbons (Fsp3) is 0.200. The van der Waals surface area contributed by atoms with Gasteiger partial charge in [0.05, 0.1) is 17.1 Å². The molecule has 1 aromatic carbocycles. The van der Waals surface area contributed by atoms with Gasteiger partial charge in [-0.15, -0.1) is 23.5 Å². The van der Waals surface area contributed by atoms with Crippen LogP contribution >= 0.6 is 55.4 Å². The molecule has 2 heterocycles. The van der Waals surface area contributed by atoms with E-state index in [0.717, 1.165) is 18.8 Å².